The maximum atomic E-state index is 13.5. The van der Waals surface area contributed by atoms with E-state index in [2.05, 4.69) is 9.47 Å². The van der Waals surface area contributed by atoms with Gasteiger partial charge in [-0.2, -0.15) is 0 Å². The summed E-state index contributed by atoms with van der Waals surface area (Å²) < 4.78 is 58.0. The third kappa shape index (κ3) is 4.31. The monoisotopic (exact) mass is 281 g/mol. The standard InChI is InChI=1S/C11H11F4NO3/c1-3-18-10(17)16-9-6(2)8(5-4-7(9)12)19-11(13,14)15/h4-5H,3H2,1-2H3,(H,16,17). The van der Waals surface area contributed by atoms with Crippen LogP contribution in [0, 0.1) is 12.7 Å². The Kier molecular flexibility index (Phi) is 4.57. The average Bonchev–Trinajstić information content (AvgIpc) is 2.27. The first kappa shape index (κ1) is 15.1. The van der Waals surface area contributed by atoms with E-state index in [4.69, 9.17) is 0 Å². The number of amides is 1. The van der Waals surface area contributed by atoms with Gasteiger partial charge in [0.15, 0.2) is 0 Å². The van der Waals surface area contributed by atoms with Gasteiger partial charge < -0.3 is 9.47 Å². The van der Waals surface area contributed by atoms with Crippen LogP contribution in [0.4, 0.5) is 28.0 Å². The van der Waals surface area contributed by atoms with Gasteiger partial charge in [-0.05, 0) is 26.0 Å². The van der Waals surface area contributed by atoms with E-state index < -0.39 is 29.7 Å². The van der Waals surface area contributed by atoms with Crippen LogP contribution in [0.1, 0.15) is 12.5 Å². The Hall–Kier alpha value is -1.99. The molecule has 0 saturated heterocycles. The number of anilines is 1. The lowest BCUT2D eigenvalue weighted by atomic mass is 10.1. The topological polar surface area (TPSA) is 47.6 Å². The second-order valence-corrected chi connectivity index (χ2v) is 3.44. The number of hydrogen-bond donors (Lipinski definition) is 1. The van der Waals surface area contributed by atoms with Crippen LogP contribution in [0.2, 0.25) is 0 Å². The molecule has 0 atom stereocenters. The summed E-state index contributed by atoms with van der Waals surface area (Å²) in [6.45, 7) is 2.77. The number of benzene rings is 1. The Morgan fingerprint density at radius 2 is 2.00 bits per heavy atom. The summed E-state index contributed by atoms with van der Waals surface area (Å²) in [6, 6.07) is 1.59. The van der Waals surface area contributed by atoms with Gasteiger partial charge in [-0.15, -0.1) is 13.2 Å². The van der Waals surface area contributed by atoms with Crippen LogP contribution in [0.25, 0.3) is 0 Å². The minimum atomic E-state index is -4.90. The lowest BCUT2D eigenvalue weighted by Crippen LogP contribution is -2.19. The second-order valence-electron chi connectivity index (χ2n) is 3.44. The Labute approximate surface area is 106 Å². The van der Waals surface area contributed by atoms with Crippen LogP contribution in [0.3, 0.4) is 0 Å². The first-order valence-corrected chi connectivity index (χ1v) is 5.23. The molecule has 0 unspecified atom stereocenters. The Balaban J connectivity index is 3.03. The fourth-order valence-corrected chi connectivity index (χ4v) is 1.32. The molecule has 1 amide bonds. The van der Waals surface area contributed by atoms with E-state index in [9.17, 15) is 22.4 Å². The predicted octanol–water partition coefficient (Wildman–Crippen LogP) is 3.60. The van der Waals surface area contributed by atoms with Crippen molar-refractivity contribution in [3.05, 3.63) is 23.5 Å². The van der Waals surface area contributed by atoms with Crippen LogP contribution in [-0.4, -0.2) is 19.1 Å². The summed E-state index contributed by atoms with van der Waals surface area (Å²) in [4.78, 5) is 11.2. The normalized spacial score (nSPS) is 11.1. The third-order valence-corrected chi connectivity index (χ3v) is 2.09. The molecule has 0 saturated carbocycles. The number of nitrogens with one attached hydrogen (secondary N) is 1. The van der Waals surface area contributed by atoms with E-state index in [1.807, 2.05) is 5.32 Å². The molecule has 0 aliphatic carbocycles. The van der Waals surface area contributed by atoms with Gasteiger partial charge in [0, 0.05) is 5.56 Å². The third-order valence-electron chi connectivity index (χ3n) is 2.09. The molecule has 106 valence electrons. The van der Waals surface area contributed by atoms with E-state index in [1.165, 1.54) is 13.8 Å². The van der Waals surface area contributed by atoms with Gasteiger partial charge in [0.05, 0.1) is 12.3 Å². The molecule has 0 aliphatic heterocycles. The van der Waals surface area contributed by atoms with Gasteiger partial charge in [0.1, 0.15) is 11.6 Å². The molecule has 1 aromatic rings. The molecule has 8 heteroatoms. The maximum absolute atomic E-state index is 13.5. The highest BCUT2D eigenvalue weighted by molar-refractivity contribution is 5.86. The lowest BCUT2D eigenvalue weighted by Gasteiger charge is -2.15. The van der Waals surface area contributed by atoms with Gasteiger partial charge in [0.25, 0.3) is 0 Å². The fraction of sp³-hybridized carbons (Fsp3) is 0.364. The number of carbonyl (C=O) groups is 1. The van der Waals surface area contributed by atoms with Crippen molar-refractivity contribution < 1.29 is 31.8 Å². The summed E-state index contributed by atoms with van der Waals surface area (Å²) in [7, 11) is 0. The van der Waals surface area contributed by atoms with Crippen molar-refractivity contribution in [1.29, 1.82) is 0 Å². The molecular formula is C11H11F4NO3. The van der Waals surface area contributed by atoms with Crippen molar-refractivity contribution in [3.8, 4) is 5.75 Å². The van der Waals surface area contributed by atoms with E-state index in [1.54, 1.807) is 0 Å². The molecule has 4 nitrogen and oxygen atoms in total. The lowest BCUT2D eigenvalue weighted by molar-refractivity contribution is -0.274. The highest BCUT2D eigenvalue weighted by Crippen LogP contribution is 2.32. The van der Waals surface area contributed by atoms with Crippen molar-refractivity contribution >= 4 is 11.8 Å². The summed E-state index contributed by atoms with van der Waals surface area (Å²) in [5.74, 6) is -1.49. The molecule has 0 aromatic heterocycles. The summed E-state index contributed by atoms with van der Waals surface area (Å²) >= 11 is 0. The molecule has 19 heavy (non-hydrogen) atoms. The Morgan fingerprint density at radius 3 is 2.53 bits per heavy atom. The van der Waals surface area contributed by atoms with Crippen LogP contribution in [-0.2, 0) is 4.74 Å². The molecule has 0 aliphatic rings. The predicted molar refractivity (Wildman–Crippen MR) is 58.5 cm³/mol. The first-order valence-electron chi connectivity index (χ1n) is 5.23. The van der Waals surface area contributed by atoms with Crippen LogP contribution in [0.5, 0.6) is 5.75 Å². The molecule has 0 heterocycles. The molecule has 0 bridgehead atoms. The van der Waals surface area contributed by atoms with Crippen molar-refractivity contribution in [3.63, 3.8) is 0 Å². The van der Waals surface area contributed by atoms with Gasteiger partial charge in [0.2, 0.25) is 0 Å². The zero-order valence-electron chi connectivity index (χ0n) is 10.1. The number of carbonyl (C=O) groups excluding carboxylic acids is 1. The molecular weight excluding hydrogens is 270 g/mol. The highest BCUT2D eigenvalue weighted by Gasteiger charge is 2.32. The highest BCUT2D eigenvalue weighted by atomic mass is 19.4. The molecule has 0 radical (unpaired) electrons. The number of alkyl halides is 3. The zero-order valence-corrected chi connectivity index (χ0v) is 10.1. The van der Waals surface area contributed by atoms with E-state index >= 15 is 0 Å². The summed E-state index contributed by atoms with van der Waals surface area (Å²) in [5, 5.41) is 2.02. The minimum absolute atomic E-state index is 0.0469. The number of hydrogen-bond acceptors (Lipinski definition) is 3. The second kappa shape index (κ2) is 5.77. The van der Waals surface area contributed by atoms with Gasteiger partial charge in [-0.3, -0.25) is 5.32 Å². The van der Waals surface area contributed by atoms with Crippen LogP contribution in [0.15, 0.2) is 12.1 Å². The Morgan fingerprint density at radius 1 is 1.37 bits per heavy atom. The molecule has 1 aromatic carbocycles. The number of rotatable bonds is 3. The molecule has 0 spiro atoms. The zero-order chi connectivity index (χ0) is 14.6. The SMILES string of the molecule is CCOC(=O)Nc1c(F)ccc(OC(F)(F)F)c1C. The quantitative estimate of drug-likeness (QED) is 0.861. The average molecular weight is 281 g/mol. The fourth-order valence-electron chi connectivity index (χ4n) is 1.32. The van der Waals surface area contributed by atoms with Crippen molar-refractivity contribution in [2.45, 2.75) is 20.2 Å². The molecule has 1 N–H and O–H groups in total. The van der Waals surface area contributed by atoms with Gasteiger partial charge in [-0.1, -0.05) is 0 Å². The first-order chi connectivity index (χ1) is 8.74. The van der Waals surface area contributed by atoms with Crippen molar-refractivity contribution in [2.75, 3.05) is 11.9 Å². The van der Waals surface area contributed by atoms with Crippen LogP contribution < -0.4 is 10.1 Å². The molecule has 0 fully saturated rings. The maximum Gasteiger partial charge on any atom is 0.573 e. The van der Waals surface area contributed by atoms with E-state index in [-0.39, 0.29) is 12.2 Å². The number of ether oxygens (including phenoxy) is 2. The Bertz CT molecular complexity index is 474. The van der Waals surface area contributed by atoms with Gasteiger partial charge >= 0.3 is 12.5 Å². The van der Waals surface area contributed by atoms with E-state index in [0.717, 1.165) is 12.1 Å². The van der Waals surface area contributed by atoms with Crippen LogP contribution >= 0.6 is 0 Å². The number of halogens is 4. The van der Waals surface area contributed by atoms with Gasteiger partial charge in [-0.25, -0.2) is 9.18 Å². The largest absolute Gasteiger partial charge is 0.573 e. The summed E-state index contributed by atoms with van der Waals surface area (Å²) in [6.07, 6.45) is -5.86. The van der Waals surface area contributed by atoms with Crippen molar-refractivity contribution in [2.24, 2.45) is 0 Å². The molecule has 1 rings (SSSR count). The van der Waals surface area contributed by atoms with Crippen molar-refractivity contribution in [1.82, 2.24) is 0 Å². The smallest absolute Gasteiger partial charge is 0.450 e. The summed E-state index contributed by atoms with van der Waals surface area (Å²) in [5.41, 5.74) is -0.606. The minimum Gasteiger partial charge on any atom is -0.450 e. The van der Waals surface area contributed by atoms with E-state index in [0.29, 0.717) is 0 Å².